The molecular formula is C14H20ClNO2. The molecule has 1 aromatic rings. The first kappa shape index (κ1) is 15.0. The van der Waals surface area contributed by atoms with Crippen LogP contribution in [0, 0.1) is 0 Å². The van der Waals surface area contributed by atoms with Gasteiger partial charge in [0.2, 0.25) is 0 Å². The van der Waals surface area contributed by atoms with Crippen molar-refractivity contribution in [2.75, 3.05) is 20.2 Å². The highest BCUT2D eigenvalue weighted by Gasteiger charge is 2.21. The van der Waals surface area contributed by atoms with Gasteiger partial charge in [-0.3, -0.25) is 4.79 Å². The van der Waals surface area contributed by atoms with Gasteiger partial charge in [-0.05, 0) is 17.5 Å². The van der Waals surface area contributed by atoms with Crippen molar-refractivity contribution in [2.24, 2.45) is 0 Å². The van der Waals surface area contributed by atoms with Gasteiger partial charge in [0.05, 0.1) is 13.0 Å². The molecule has 1 aliphatic rings. The molecule has 1 aromatic carbocycles. The smallest absolute Gasteiger partial charge is 0.313 e. The summed E-state index contributed by atoms with van der Waals surface area (Å²) in [5, 5.41) is 3.26. The van der Waals surface area contributed by atoms with Crippen LogP contribution in [0.25, 0.3) is 0 Å². The Balaban J connectivity index is 0.00000162. The molecule has 1 aliphatic heterocycles. The van der Waals surface area contributed by atoms with Crippen LogP contribution in [0.3, 0.4) is 0 Å². The monoisotopic (exact) mass is 269 g/mol. The molecule has 0 bridgehead atoms. The van der Waals surface area contributed by atoms with E-state index in [4.69, 9.17) is 4.74 Å². The lowest BCUT2D eigenvalue weighted by Crippen LogP contribution is -2.39. The lowest BCUT2D eigenvalue weighted by molar-refractivity contribution is -0.142. The quantitative estimate of drug-likeness (QED) is 0.854. The molecule has 0 aliphatic carbocycles. The highest BCUT2D eigenvalue weighted by Crippen LogP contribution is 2.25. The molecule has 2 rings (SSSR count). The molecule has 1 heterocycles. The van der Waals surface area contributed by atoms with Gasteiger partial charge in [-0.2, -0.15) is 0 Å². The zero-order valence-electron chi connectivity index (χ0n) is 10.8. The average molecular weight is 270 g/mol. The van der Waals surface area contributed by atoms with Crippen LogP contribution in [-0.2, 0) is 9.53 Å². The number of hydrogen-bond donors (Lipinski definition) is 1. The molecule has 4 heteroatoms. The third-order valence-electron chi connectivity index (χ3n) is 3.49. The highest BCUT2D eigenvalue weighted by molar-refractivity contribution is 5.85. The summed E-state index contributed by atoms with van der Waals surface area (Å²) in [6.45, 7) is 4.13. The summed E-state index contributed by atoms with van der Waals surface area (Å²) in [5.74, 6) is 0.362. The van der Waals surface area contributed by atoms with Crippen molar-refractivity contribution >= 4 is 18.4 Å². The molecule has 0 saturated carbocycles. The number of ether oxygens (including phenoxy) is 1. The zero-order valence-corrected chi connectivity index (χ0v) is 11.6. The van der Waals surface area contributed by atoms with Gasteiger partial charge in [-0.25, -0.2) is 0 Å². The molecule has 100 valence electrons. The van der Waals surface area contributed by atoms with Crippen molar-refractivity contribution in [1.82, 2.24) is 5.32 Å². The van der Waals surface area contributed by atoms with E-state index in [-0.39, 0.29) is 24.3 Å². The lowest BCUT2D eigenvalue weighted by Gasteiger charge is -2.27. The van der Waals surface area contributed by atoms with Crippen molar-refractivity contribution in [3.05, 3.63) is 35.4 Å². The maximum Gasteiger partial charge on any atom is 0.313 e. The van der Waals surface area contributed by atoms with Crippen LogP contribution in [0.5, 0.6) is 0 Å². The predicted octanol–water partition coefficient (Wildman–Crippen LogP) is 2.46. The summed E-state index contributed by atoms with van der Waals surface area (Å²) in [7, 11) is 1.44. The van der Waals surface area contributed by atoms with E-state index in [1.807, 2.05) is 6.92 Å². The first-order valence-corrected chi connectivity index (χ1v) is 6.14. The van der Waals surface area contributed by atoms with Crippen molar-refractivity contribution < 1.29 is 9.53 Å². The number of rotatable bonds is 4. The fourth-order valence-corrected chi connectivity index (χ4v) is 2.21. The van der Waals surface area contributed by atoms with Crippen molar-refractivity contribution in [3.63, 3.8) is 0 Å². The number of carbonyl (C=O) groups excluding carboxylic acids is 1. The van der Waals surface area contributed by atoms with Gasteiger partial charge < -0.3 is 10.1 Å². The SMILES string of the molecule is CCC(C(=O)OC)c1ccc(C2CNC2)cc1.Cl. The molecule has 3 nitrogen and oxygen atoms in total. The van der Waals surface area contributed by atoms with Gasteiger partial charge in [-0.1, -0.05) is 31.2 Å². The first-order valence-electron chi connectivity index (χ1n) is 6.14. The minimum atomic E-state index is -0.148. The number of nitrogens with one attached hydrogen (secondary N) is 1. The van der Waals surface area contributed by atoms with Gasteiger partial charge in [0.1, 0.15) is 0 Å². The Hall–Kier alpha value is -1.06. The van der Waals surface area contributed by atoms with E-state index in [1.165, 1.54) is 12.7 Å². The Kier molecular flexibility index (Phi) is 5.63. The van der Waals surface area contributed by atoms with E-state index in [9.17, 15) is 4.79 Å². The van der Waals surface area contributed by atoms with E-state index in [0.29, 0.717) is 5.92 Å². The standard InChI is InChI=1S/C14H19NO2.ClH/c1-3-13(14(16)17-2)11-6-4-10(5-7-11)12-8-15-9-12;/h4-7,12-13,15H,3,8-9H2,1-2H3;1H. The van der Waals surface area contributed by atoms with Crippen LogP contribution >= 0.6 is 12.4 Å². The predicted molar refractivity (Wildman–Crippen MR) is 74.3 cm³/mol. The molecule has 1 fully saturated rings. The Morgan fingerprint density at radius 3 is 2.39 bits per heavy atom. The topological polar surface area (TPSA) is 38.3 Å². The normalized spacial score (nSPS) is 16.3. The van der Waals surface area contributed by atoms with Gasteiger partial charge in [0.15, 0.2) is 0 Å². The number of carbonyl (C=O) groups is 1. The summed E-state index contributed by atoms with van der Waals surface area (Å²) in [5.41, 5.74) is 2.41. The van der Waals surface area contributed by atoms with Gasteiger partial charge in [-0.15, -0.1) is 12.4 Å². The molecule has 18 heavy (non-hydrogen) atoms. The largest absolute Gasteiger partial charge is 0.469 e. The Labute approximate surface area is 114 Å². The van der Waals surface area contributed by atoms with Crippen LogP contribution in [0.1, 0.15) is 36.3 Å². The summed E-state index contributed by atoms with van der Waals surface area (Å²) in [6.07, 6.45) is 0.775. The number of esters is 1. The maximum atomic E-state index is 11.6. The fourth-order valence-electron chi connectivity index (χ4n) is 2.21. The second-order valence-electron chi connectivity index (χ2n) is 4.51. The molecule has 1 atom stereocenters. The molecule has 0 radical (unpaired) electrons. The molecule has 1 N–H and O–H groups in total. The molecular weight excluding hydrogens is 250 g/mol. The van der Waals surface area contributed by atoms with E-state index >= 15 is 0 Å². The second-order valence-corrected chi connectivity index (χ2v) is 4.51. The number of methoxy groups -OCH3 is 1. The van der Waals surface area contributed by atoms with Crippen molar-refractivity contribution in [1.29, 1.82) is 0 Å². The maximum absolute atomic E-state index is 11.6. The zero-order chi connectivity index (χ0) is 12.3. The summed E-state index contributed by atoms with van der Waals surface area (Å²) >= 11 is 0. The molecule has 1 unspecified atom stereocenters. The van der Waals surface area contributed by atoms with Crippen LogP contribution in [0.15, 0.2) is 24.3 Å². The Morgan fingerprint density at radius 2 is 2.00 bits per heavy atom. The summed E-state index contributed by atoms with van der Waals surface area (Å²) in [4.78, 5) is 11.6. The van der Waals surface area contributed by atoms with Gasteiger partial charge in [0.25, 0.3) is 0 Å². The summed E-state index contributed by atoms with van der Waals surface area (Å²) < 4.78 is 4.82. The molecule has 0 aromatic heterocycles. The second kappa shape index (κ2) is 6.76. The average Bonchev–Trinajstić information content (AvgIpc) is 2.29. The number of halogens is 1. The number of hydrogen-bond acceptors (Lipinski definition) is 3. The third-order valence-corrected chi connectivity index (χ3v) is 3.49. The lowest BCUT2D eigenvalue weighted by atomic mass is 9.90. The van der Waals surface area contributed by atoms with E-state index in [2.05, 4.69) is 29.6 Å². The Bertz CT molecular complexity index is 387. The van der Waals surface area contributed by atoms with Crippen LogP contribution in [0.4, 0.5) is 0 Å². The van der Waals surface area contributed by atoms with Gasteiger partial charge in [0, 0.05) is 19.0 Å². The minimum absolute atomic E-state index is 0. The molecule has 0 spiro atoms. The Morgan fingerprint density at radius 1 is 1.39 bits per heavy atom. The van der Waals surface area contributed by atoms with Crippen LogP contribution in [-0.4, -0.2) is 26.2 Å². The highest BCUT2D eigenvalue weighted by atomic mass is 35.5. The van der Waals surface area contributed by atoms with E-state index < -0.39 is 0 Å². The van der Waals surface area contributed by atoms with E-state index in [1.54, 1.807) is 0 Å². The van der Waals surface area contributed by atoms with E-state index in [0.717, 1.165) is 25.1 Å². The first-order chi connectivity index (χ1) is 8.26. The van der Waals surface area contributed by atoms with Crippen molar-refractivity contribution in [2.45, 2.75) is 25.2 Å². The van der Waals surface area contributed by atoms with Crippen molar-refractivity contribution in [3.8, 4) is 0 Å². The third kappa shape index (κ3) is 3.03. The summed E-state index contributed by atoms with van der Waals surface area (Å²) in [6, 6.07) is 8.37. The van der Waals surface area contributed by atoms with Gasteiger partial charge >= 0.3 is 5.97 Å². The van der Waals surface area contributed by atoms with Crippen LogP contribution in [0.2, 0.25) is 0 Å². The van der Waals surface area contributed by atoms with Crippen LogP contribution < -0.4 is 5.32 Å². The molecule has 1 saturated heterocycles. The minimum Gasteiger partial charge on any atom is -0.469 e. The number of benzene rings is 1. The molecule has 0 amide bonds. The fraction of sp³-hybridized carbons (Fsp3) is 0.500.